The first kappa shape index (κ1) is 22.3. The van der Waals surface area contributed by atoms with Gasteiger partial charge in [-0.1, -0.05) is 12.1 Å². The Morgan fingerprint density at radius 1 is 1.03 bits per heavy atom. The van der Waals surface area contributed by atoms with Gasteiger partial charge in [-0.05, 0) is 42.7 Å². The monoisotopic (exact) mass is 440 g/mol. The lowest BCUT2D eigenvalue weighted by Crippen LogP contribution is -2.37. The van der Waals surface area contributed by atoms with Crippen molar-refractivity contribution in [3.63, 3.8) is 0 Å². The number of carbonyl (C=O) groups is 1. The fourth-order valence-electron chi connectivity index (χ4n) is 3.13. The van der Waals surface area contributed by atoms with E-state index in [1.165, 1.54) is 36.4 Å². The summed E-state index contributed by atoms with van der Waals surface area (Å²) in [4.78, 5) is 24.1. The van der Waals surface area contributed by atoms with E-state index in [1.807, 2.05) is 0 Å². The van der Waals surface area contributed by atoms with Crippen LogP contribution < -0.4 is 9.47 Å². The lowest BCUT2D eigenvalue weighted by atomic mass is 10.1. The molecule has 2 aromatic rings. The summed E-state index contributed by atoms with van der Waals surface area (Å²) < 4.78 is 50.8. The molecule has 8 nitrogen and oxygen atoms in total. The molecule has 2 aromatic carbocycles. The van der Waals surface area contributed by atoms with Gasteiger partial charge in [0.05, 0.1) is 4.92 Å². The molecule has 0 amide bonds. The van der Waals surface area contributed by atoms with E-state index in [9.17, 15) is 28.1 Å². The van der Waals surface area contributed by atoms with Crippen molar-refractivity contribution >= 4 is 11.8 Å². The average Bonchev–Trinajstić information content (AvgIpc) is 2.70. The second-order valence-electron chi connectivity index (χ2n) is 6.89. The highest BCUT2D eigenvalue weighted by molar-refractivity contribution is 5.64. The van der Waals surface area contributed by atoms with Crippen molar-refractivity contribution in [1.29, 1.82) is 0 Å². The number of non-ortho nitro benzene ring substituents is 1. The van der Waals surface area contributed by atoms with E-state index < -0.39 is 17.4 Å². The number of alkyl halides is 3. The molecule has 0 saturated carbocycles. The quantitative estimate of drug-likeness (QED) is 0.279. The SMILES string of the molecule is O=C(Oc1ccc([N+](=O)[O-])cc1)OC1CCN(Cc2ccc(OC(F)(F)F)cc2)CC1. The van der Waals surface area contributed by atoms with E-state index in [-0.39, 0.29) is 23.3 Å². The molecule has 0 unspecified atom stereocenters. The number of halogens is 3. The van der Waals surface area contributed by atoms with Crippen molar-refractivity contribution in [1.82, 2.24) is 4.90 Å². The molecule has 0 bridgehead atoms. The molecule has 31 heavy (non-hydrogen) atoms. The van der Waals surface area contributed by atoms with Gasteiger partial charge >= 0.3 is 12.5 Å². The van der Waals surface area contributed by atoms with Gasteiger partial charge < -0.3 is 14.2 Å². The molecule has 11 heteroatoms. The molecule has 0 atom stereocenters. The predicted octanol–water partition coefficient (Wildman–Crippen LogP) is 4.67. The summed E-state index contributed by atoms with van der Waals surface area (Å²) >= 11 is 0. The number of piperidine rings is 1. The van der Waals surface area contributed by atoms with Crippen LogP contribution >= 0.6 is 0 Å². The third-order valence-electron chi connectivity index (χ3n) is 4.61. The standard InChI is InChI=1S/C20H19F3N2O6/c21-20(22,23)31-18-5-1-14(2-6-18)13-24-11-9-17(10-12-24)30-19(26)29-16-7-3-15(4-8-16)25(27)28/h1-8,17H,9-13H2. The van der Waals surface area contributed by atoms with Gasteiger partial charge in [0.1, 0.15) is 17.6 Å². The van der Waals surface area contributed by atoms with Crippen LogP contribution in [0.2, 0.25) is 0 Å². The van der Waals surface area contributed by atoms with Gasteiger partial charge in [-0.15, -0.1) is 13.2 Å². The molecule has 3 rings (SSSR count). The Labute approximate surface area is 175 Å². The van der Waals surface area contributed by atoms with Crippen LogP contribution in [0.15, 0.2) is 48.5 Å². The molecule has 0 aromatic heterocycles. The van der Waals surface area contributed by atoms with Crippen LogP contribution in [-0.2, 0) is 11.3 Å². The van der Waals surface area contributed by atoms with Gasteiger partial charge in [-0.3, -0.25) is 15.0 Å². The van der Waals surface area contributed by atoms with Gasteiger partial charge in [0.15, 0.2) is 0 Å². The summed E-state index contributed by atoms with van der Waals surface area (Å²) in [5, 5.41) is 10.6. The molecule has 0 spiro atoms. The highest BCUT2D eigenvalue weighted by Gasteiger charge is 2.31. The summed E-state index contributed by atoms with van der Waals surface area (Å²) in [7, 11) is 0. The Bertz CT molecular complexity index is 895. The summed E-state index contributed by atoms with van der Waals surface area (Å²) in [6, 6.07) is 10.8. The maximum atomic E-state index is 12.2. The second-order valence-corrected chi connectivity index (χ2v) is 6.89. The Morgan fingerprint density at radius 3 is 2.16 bits per heavy atom. The third kappa shape index (κ3) is 7.14. The largest absolute Gasteiger partial charge is 0.573 e. The Kier molecular flexibility index (Phi) is 6.95. The molecular weight excluding hydrogens is 421 g/mol. The van der Waals surface area contributed by atoms with Crippen LogP contribution in [0.1, 0.15) is 18.4 Å². The first-order valence-electron chi connectivity index (χ1n) is 9.38. The zero-order chi connectivity index (χ0) is 22.4. The van der Waals surface area contributed by atoms with E-state index in [1.54, 1.807) is 12.1 Å². The van der Waals surface area contributed by atoms with Gasteiger partial charge in [-0.2, -0.15) is 0 Å². The molecular formula is C20H19F3N2O6. The minimum atomic E-state index is -4.72. The van der Waals surface area contributed by atoms with Crippen LogP contribution in [-0.4, -0.2) is 41.5 Å². The van der Waals surface area contributed by atoms with Crippen LogP contribution in [0.4, 0.5) is 23.7 Å². The van der Waals surface area contributed by atoms with Crippen LogP contribution in [0.25, 0.3) is 0 Å². The topological polar surface area (TPSA) is 91.1 Å². The number of carbonyl (C=O) groups excluding carboxylic acids is 1. The minimum absolute atomic E-state index is 0.115. The second kappa shape index (κ2) is 9.65. The molecule has 0 aliphatic carbocycles. The molecule has 1 aliphatic heterocycles. The number of ether oxygens (including phenoxy) is 3. The van der Waals surface area contributed by atoms with Crippen molar-refractivity contribution in [3.8, 4) is 11.5 Å². The van der Waals surface area contributed by atoms with Gasteiger partial charge in [0.25, 0.3) is 5.69 Å². The van der Waals surface area contributed by atoms with Gasteiger partial charge in [-0.25, -0.2) is 4.79 Å². The lowest BCUT2D eigenvalue weighted by molar-refractivity contribution is -0.384. The summed E-state index contributed by atoms with van der Waals surface area (Å²) in [6.07, 6.45) is -4.78. The van der Waals surface area contributed by atoms with Gasteiger partial charge in [0.2, 0.25) is 0 Å². The number of hydrogen-bond acceptors (Lipinski definition) is 7. The van der Waals surface area contributed by atoms with Crippen molar-refractivity contribution in [3.05, 3.63) is 64.2 Å². The minimum Gasteiger partial charge on any atom is -0.431 e. The Balaban J connectivity index is 1.41. The van der Waals surface area contributed by atoms with Crippen LogP contribution in [0.3, 0.4) is 0 Å². The van der Waals surface area contributed by atoms with E-state index in [4.69, 9.17) is 9.47 Å². The van der Waals surface area contributed by atoms with Crippen molar-refractivity contribution in [2.45, 2.75) is 31.9 Å². The Hall–Kier alpha value is -3.34. The van der Waals surface area contributed by atoms with Crippen LogP contribution in [0.5, 0.6) is 11.5 Å². The van der Waals surface area contributed by atoms with Gasteiger partial charge in [0, 0.05) is 31.8 Å². The van der Waals surface area contributed by atoms with E-state index in [0.717, 1.165) is 5.56 Å². The first-order chi connectivity index (χ1) is 14.7. The molecule has 0 radical (unpaired) electrons. The smallest absolute Gasteiger partial charge is 0.431 e. The third-order valence-corrected chi connectivity index (χ3v) is 4.61. The number of hydrogen-bond donors (Lipinski definition) is 0. The van der Waals surface area contributed by atoms with E-state index in [2.05, 4.69) is 9.64 Å². The fourth-order valence-corrected chi connectivity index (χ4v) is 3.13. The van der Waals surface area contributed by atoms with Crippen molar-refractivity contribution in [2.75, 3.05) is 13.1 Å². The van der Waals surface area contributed by atoms with E-state index in [0.29, 0.717) is 32.5 Å². The molecule has 1 fully saturated rings. The predicted molar refractivity (Wildman–Crippen MR) is 102 cm³/mol. The highest BCUT2D eigenvalue weighted by atomic mass is 19.4. The molecule has 166 valence electrons. The number of nitro groups is 1. The first-order valence-corrected chi connectivity index (χ1v) is 9.38. The number of benzene rings is 2. The normalized spacial score (nSPS) is 15.3. The maximum Gasteiger partial charge on any atom is 0.573 e. The Morgan fingerprint density at radius 2 is 1.61 bits per heavy atom. The average molecular weight is 440 g/mol. The number of rotatable bonds is 6. The zero-order valence-electron chi connectivity index (χ0n) is 16.2. The summed E-state index contributed by atoms with van der Waals surface area (Å²) in [6.45, 7) is 1.82. The molecule has 1 aliphatic rings. The molecule has 1 saturated heterocycles. The number of nitro benzene ring substituents is 1. The van der Waals surface area contributed by atoms with E-state index >= 15 is 0 Å². The van der Waals surface area contributed by atoms with Crippen molar-refractivity contribution < 1.29 is 37.1 Å². The molecule has 0 N–H and O–H groups in total. The summed E-state index contributed by atoms with van der Waals surface area (Å²) in [5.41, 5.74) is 0.724. The molecule has 1 heterocycles. The number of nitrogens with zero attached hydrogens (tertiary/aromatic N) is 2. The van der Waals surface area contributed by atoms with Crippen LogP contribution in [0, 0.1) is 10.1 Å². The van der Waals surface area contributed by atoms with Crippen molar-refractivity contribution in [2.24, 2.45) is 0 Å². The highest BCUT2D eigenvalue weighted by Crippen LogP contribution is 2.24. The summed E-state index contributed by atoms with van der Waals surface area (Å²) in [5.74, 6) is -0.124. The lowest BCUT2D eigenvalue weighted by Gasteiger charge is -2.31. The maximum absolute atomic E-state index is 12.2. The zero-order valence-corrected chi connectivity index (χ0v) is 16.2. The fraction of sp³-hybridized carbons (Fsp3) is 0.350. The number of likely N-dealkylation sites (tertiary alicyclic amines) is 1.